The van der Waals surface area contributed by atoms with Crippen LogP contribution in [0, 0.1) is 0 Å². The van der Waals surface area contributed by atoms with Gasteiger partial charge in [-0.05, 0) is 29.3 Å². The van der Waals surface area contributed by atoms with Crippen molar-refractivity contribution in [1.82, 2.24) is 14.9 Å². The molecular formula is C16H15F2N5O. The van der Waals surface area contributed by atoms with Crippen LogP contribution in [-0.4, -0.2) is 39.8 Å². The number of hydrogen-bond acceptors (Lipinski definition) is 5. The van der Waals surface area contributed by atoms with Gasteiger partial charge in [-0.1, -0.05) is 6.07 Å². The van der Waals surface area contributed by atoms with Gasteiger partial charge in [0.05, 0.1) is 13.1 Å². The highest BCUT2D eigenvalue weighted by molar-refractivity contribution is 5.95. The van der Waals surface area contributed by atoms with Crippen molar-refractivity contribution in [2.45, 2.75) is 19.0 Å². The minimum absolute atomic E-state index is 0.359. The monoisotopic (exact) mass is 331 g/mol. The number of benzene rings is 1. The highest BCUT2D eigenvalue weighted by Crippen LogP contribution is 2.30. The SMILES string of the molecule is Nc1ccnc(N2Cc3ccc(C(=O)N4CC(F)(F)C4)cc3C2)n1. The molecule has 4 rings (SSSR count). The van der Waals surface area contributed by atoms with Crippen molar-refractivity contribution < 1.29 is 13.6 Å². The van der Waals surface area contributed by atoms with Crippen LogP contribution in [0.25, 0.3) is 0 Å². The van der Waals surface area contributed by atoms with Crippen LogP contribution in [0.3, 0.4) is 0 Å². The number of carbonyl (C=O) groups excluding carboxylic acids is 1. The predicted molar refractivity (Wildman–Crippen MR) is 83.6 cm³/mol. The van der Waals surface area contributed by atoms with Crippen LogP contribution in [0.5, 0.6) is 0 Å². The van der Waals surface area contributed by atoms with E-state index in [9.17, 15) is 13.6 Å². The Bertz CT molecular complexity index is 818. The van der Waals surface area contributed by atoms with Gasteiger partial charge in [-0.15, -0.1) is 0 Å². The highest BCUT2D eigenvalue weighted by Gasteiger charge is 2.46. The Morgan fingerprint density at radius 3 is 2.62 bits per heavy atom. The van der Waals surface area contributed by atoms with Gasteiger partial charge in [-0.2, -0.15) is 4.98 Å². The summed E-state index contributed by atoms with van der Waals surface area (Å²) in [6.45, 7) is 0.156. The standard InChI is InChI=1S/C16H15F2N5O/c17-16(18)8-23(9-16)14(24)10-1-2-11-6-22(7-12(11)5-10)15-20-4-3-13(19)21-15/h1-5H,6-9H2,(H2,19,20,21). The van der Waals surface area contributed by atoms with Crippen LogP contribution in [0.2, 0.25) is 0 Å². The fraction of sp³-hybridized carbons (Fsp3) is 0.312. The van der Waals surface area contributed by atoms with Crippen molar-refractivity contribution in [3.63, 3.8) is 0 Å². The topological polar surface area (TPSA) is 75.3 Å². The van der Waals surface area contributed by atoms with E-state index in [1.165, 1.54) is 0 Å². The van der Waals surface area contributed by atoms with Crippen LogP contribution in [0.15, 0.2) is 30.5 Å². The molecule has 0 aliphatic carbocycles. The third-order valence-corrected chi connectivity index (χ3v) is 4.25. The zero-order valence-electron chi connectivity index (χ0n) is 12.7. The summed E-state index contributed by atoms with van der Waals surface area (Å²) in [5.41, 5.74) is 8.15. The van der Waals surface area contributed by atoms with Crippen molar-refractivity contribution in [2.75, 3.05) is 23.7 Å². The number of alkyl halides is 2. The third-order valence-electron chi connectivity index (χ3n) is 4.25. The van der Waals surface area contributed by atoms with Gasteiger partial charge < -0.3 is 15.5 Å². The van der Waals surface area contributed by atoms with Crippen molar-refractivity contribution in [2.24, 2.45) is 0 Å². The van der Waals surface area contributed by atoms with Gasteiger partial charge in [0.1, 0.15) is 5.82 Å². The Balaban J connectivity index is 1.52. The van der Waals surface area contributed by atoms with E-state index in [0.29, 0.717) is 30.4 Å². The minimum Gasteiger partial charge on any atom is -0.384 e. The average Bonchev–Trinajstić information content (AvgIpc) is 2.95. The normalized spacial score (nSPS) is 18.2. The zero-order chi connectivity index (χ0) is 16.9. The molecular weight excluding hydrogens is 316 g/mol. The Labute approximate surface area is 136 Å². The number of anilines is 2. The molecule has 0 unspecified atom stereocenters. The lowest BCUT2D eigenvalue weighted by Crippen LogP contribution is -2.58. The molecule has 3 heterocycles. The Hall–Kier alpha value is -2.77. The lowest BCUT2D eigenvalue weighted by Gasteiger charge is -2.38. The molecule has 0 radical (unpaired) electrons. The second-order valence-electron chi connectivity index (χ2n) is 6.14. The molecule has 1 amide bonds. The summed E-state index contributed by atoms with van der Waals surface area (Å²) in [6, 6.07) is 6.92. The van der Waals surface area contributed by atoms with E-state index < -0.39 is 19.0 Å². The summed E-state index contributed by atoms with van der Waals surface area (Å²) in [5, 5.41) is 0. The van der Waals surface area contributed by atoms with Crippen molar-refractivity contribution in [3.05, 3.63) is 47.2 Å². The van der Waals surface area contributed by atoms with Gasteiger partial charge in [0.2, 0.25) is 5.95 Å². The van der Waals surface area contributed by atoms with Gasteiger partial charge in [-0.3, -0.25) is 4.79 Å². The summed E-state index contributed by atoms with van der Waals surface area (Å²) >= 11 is 0. The summed E-state index contributed by atoms with van der Waals surface area (Å²) in [6.07, 6.45) is 1.60. The second kappa shape index (κ2) is 5.12. The molecule has 0 spiro atoms. The number of halogens is 2. The summed E-state index contributed by atoms with van der Waals surface area (Å²) in [5.74, 6) is -2.19. The van der Waals surface area contributed by atoms with Crippen LogP contribution in [-0.2, 0) is 13.1 Å². The summed E-state index contributed by atoms with van der Waals surface area (Å²) < 4.78 is 25.9. The van der Waals surface area contributed by atoms with E-state index in [4.69, 9.17) is 5.73 Å². The minimum atomic E-state index is -2.76. The first-order chi connectivity index (χ1) is 11.4. The van der Waals surface area contributed by atoms with E-state index in [1.54, 1.807) is 24.4 Å². The van der Waals surface area contributed by atoms with Crippen molar-refractivity contribution in [3.8, 4) is 0 Å². The van der Waals surface area contributed by atoms with Gasteiger partial charge in [-0.25, -0.2) is 13.8 Å². The van der Waals surface area contributed by atoms with Gasteiger partial charge in [0.15, 0.2) is 0 Å². The first kappa shape index (κ1) is 14.8. The molecule has 2 aliphatic rings. The largest absolute Gasteiger partial charge is 0.384 e. The van der Waals surface area contributed by atoms with Crippen LogP contribution in [0.4, 0.5) is 20.5 Å². The summed E-state index contributed by atoms with van der Waals surface area (Å²) in [7, 11) is 0. The smallest absolute Gasteiger partial charge is 0.282 e. The number of amides is 1. The number of hydrogen-bond donors (Lipinski definition) is 1. The first-order valence-corrected chi connectivity index (χ1v) is 7.54. The van der Waals surface area contributed by atoms with E-state index in [2.05, 4.69) is 9.97 Å². The number of nitrogens with two attached hydrogens (primary N) is 1. The third kappa shape index (κ3) is 2.53. The molecule has 1 aromatic carbocycles. The molecule has 1 saturated heterocycles. The molecule has 2 aliphatic heterocycles. The average molecular weight is 331 g/mol. The van der Waals surface area contributed by atoms with E-state index in [-0.39, 0.29) is 5.91 Å². The molecule has 1 fully saturated rings. The predicted octanol–water partition coefficient (Wildman–Crippen LogP) is 1.67. The highest BCUT2D eigenvalue weighted by atomic mass is 19.3. The first-order valence-electron chi connectivity index (χ1n) is 7.54. The van der Waals surface area contributed by atoms with E-state index in [0.717, 1.165) is 16.0 Å². The zero-order valence-corrected chi connectivity index (χ0v) is 12.7. The molecule has 8 heteroatoms. The van der Waals surface area contributed by atoms with Crippen molar-refractivity contribution in [1.29, 1.82) is 0 Å². The molecule has 2 aromatic rings. The number of rotatable bonds is 2. The lowest BCUT2D eigenvalue weighted by atomic mass is 10.0. The maximum Gasteiger partial charge on any atom is 0.282 e. The molecule has 0 bridgehead atoms. The number of fused-ring (bicyclic) bond motifs is 1. The Morgan fingerprint density at radius 2 is 1.92 bits per heavy atom. The molecule has 6 nitrogen and oxygen atoms in total. The van der Waals surface area contributed by atoms with Crippen LogP contribution in [0.1, 0.15) is 21.5 Å². The number of likely N-dealkylation sites (tertiary alicyclic amines) is 1. The fourth-order valence-corrected chi connectivity index (χ4v) is 3.02. The fourth-order valence-electron chi connectivity index (χ4n) is 3.02. The number of nitrogens with zero attached hydrogens (tertiary/aromatic N) is 4. The quantitative estimate of drug-likeness (QED) is 0.906. The molecule has 2 N–H and O–H groups in total. The maximum absolute atomic E-state index is 12.9. The van der Waals surface area contributed by atoms with Gasteiger partial charge >= 0.3 is 0 Å². The number of carbonyl (C=O) groups is 1. The van der Waals surface area contributed by atoms with E-state index >= 15 is 0 Å². The molecule has 1 aromatic heterocycles. The summed E-state index contributed by atoms with van der Waals surface area (Å²) in [4.78, 5) is 23.8. The Kier molecular flexibility index (Phi) is 3.16. The van der Waals surface area contributed by atoms with Crippen molar-refractivity contribution >= 4 is 17.7 Å². The molecule has 124 valence electrons. The number of nitrogen functional groups attached to an aromatic ring is 1. The second-order valence-corrected chi connectivity index (χ2v) is 6.14. The van der Waals surface area contributed by atoms with E-state index in [1.807, 2.05) is 11.0 Å². The molecule has 0 atom stereocenters. The van der Waals surface area contributed by atoms with Gasteiger partial charge in [0, 0.05) is 24.8 Å². The molecule has 0 saturated carbocycles. The van der Waals surface area contributed by atoms with Crippen LogP contribution < -0.4 is 10.6 Å². The Morgan fingerprint density at radius 1 is 1.17 bits per heavy atom. The van der Waals surface area contributed by atoms with Crippen LogP contribution >= 0.6 is 0 Å². The van der Waals surface area contributed by atoms with Gasteiger partial charge in [0.25, 0.3) is 11.8 Å². The molecule has 24 heavy (non-hydrogen) atoms. The lowest BCUT2D eigenvalue weighted by molar-refractivity contribution is -0.113. The number of aromatic nitrogens is 2. The maximum atomic E-state index is 12.9.